The lowest BCUT2D eigenvalue weighted by molar-refractivity contribution is 0.103. The first-order chi connectivity index (χ1) is 9.26. The summed E-state index contributed by atoms with van der Waals surface area (Å²) in [5.41, 5.74) is 8.78. The van der Waals surface area contributed by atoms with Crippen molar-refractivity contribution in [1.82, 2.24) is 0 Å². The van der Waals surface area contributed by atoms with Crippen LogP contribution in [0.2, 0.25) is 0 Å². The molecule has 3 N–H and O–H groups in total. The molecule has 2 aromatic rings. The molecule has 0 bridgehead atoms. The van der Waals surface area contributed by atoms with E-state index in [4.69, 9.17) is 5.73 Å². The Morgan fingerprint density at radius 3 is 3.00 bits per heavy atom. The number of carbonyl (C=O) groups excluding carboxylic acids is 1. The van der Waals surface area contributed by atoms with Crippen LogP contribution in [-0.4, -0.2) is 5.91 Å². The van der Waals surface area contributed by atoms with E-state index in [9.17, 15) is 4.79 Å². The summed E-state index contributed by atoms with van der Waals surface area (Å²) in [7, 11) is 0. The molecule has 0 unspecified atom stereocenters. The van der Waals surface area contributed by atoms with Crippen LogP contribution in [0, 0.1) is 0 Å². The van der Waals surface area contributed by atoms with E-state index >= 15 is 0 Å². The number of nitrogens with two attached hydrogens (primary N) is 1. The van der Waals surface area contributed by atoms with Crippen LogP contribution >= 0.6 is 11.3 Å². The third-order valence-electron chi connectivity index (χ3n) is 3.39. The molecule has 0 saturated heterocycles. The van der Waals surface area contributed by atoms with Gasteiger partial charge in [-0.1, -0.05) is 12.1 Å². The Kier molecular flexibility index (Phi) is 3.36. The van der Waals surface area contributed by atoms with Gasteiger partial charge in [-0.2, -0.15) is 0 Å². The predicted molar refractivity (Wildman–Crippen MR) is 78.6 cm³/mol. The summed E-state index contributed by atoms with van der Waals surface area (Å²) in [6.07, 6.45) is 3.46. The van der Waals surface area contributed by atoms with Crippen molar-refractivity contribution in [3.63, 3.8) is 0 Å². The van der Waals surface area contributed by atoms with Gasteiger partial charge in [-0.3, -0.25) is 4.79 Å². The number of amides is 1. The van der Waals surface area contributed by atoms with Crippen LogP contribution in [0.4, 0.5) is 5.69 Å². The first kappa shape index (κ1) is 12.4. The van der Waals surface area contributed by atoms with Crippen LogP contribution in [-0.2, 0) is 19.4 Å². The molecule has 4 heteroatoms. The lowest BCUT2D eigenvalue weighted by atomic mass is 10.2. The number of hydrogen-bond donors (Lipinski definition) is 2. The van der Waals surface area contributed by atoms with Crippen LogP contribution in [0.1, 0.15) is 32.1 Å². The highest BCUT2D eigenvalue weighted by Crippen LogP contribution is 2.31. The molecule has 0 radical (unpaired) electrons. The van der Waals surface area contributed by atoms with Crippen LogP contribution in [0.3, 0.4) is 0 Å². The topological polar surface area (TPSA) is 55.1 Å². The molecule has 1 aliphatic rings. The summed E-state index contributed by atoms with van der Waals surface area (Å²) in [4.78, 5) is 14.4. The minimum atomic E-state index is -0.0198. The Morgan fingerprint density at radius 1 is 1.32 bits per heavy atom. The van der Waals surface area contributed by atoms with Crippen molar-refractivity contribution in [2.24, 2.45) is 5.73 Å². The fourth-order valence-electron chi connectivity index (χ4n) is 2.41. The average Bonchev–Trinajstić information content (AvgIpc) is 2.99. The number of carbonyl (C=O) groups is 1. The highest BCUT2D eigenvalue weighted by molar-refractivity contribution is 7.14. The first-order valence-corrected chi connectivity index (χ1v) is 7.30. The summed E-state index contributed by atoms with van der Waals surface area (Å²) < 4.78 is 0. The zero-order chi connectivity index (χ0) is 13.2. The normalized spacial score (nSPS) is 13.3. The maximum absolute atomic E-state index is 12.2. The average molecular weight is 272 g/mol. The number of thiophene rings is 1. The highest BCUT2D eigenvalue weighted by atomic mass is 32.1. The van der Waals surface area contributed by atoms with Gasteiger partial charge in [0.1, 0.15) is 0 Å². The molecule has 1 heterocycles. The van der Waals surface area contributed by atoms with Crippen LogP contribution in [0.15, 0.2) is 30.3 Å². The largest absolute Gasteiger partial charge is 0.326 e. The maximum Gasteiger partial charge on any atom is 0.265 e. The van der Waals surface area contributed by atoms with Crippen LogP contribution < -0.4 is 11.1 Å². The van der Waals surface area contributed by atoms with E-state index in [0.29, 0.717) is 6.54 Å². The lowest BCUT2D eigenvalue weighted by Gasteiger charge is -2.05. The minimum Gasteiger partial charge on any atom is -0.326 e. The number of rotatable bonds is 3. The number of hydrogen-bond acceptors (Lipinski definition) is 3. The fourth-order valence-corrected chi connectivity index (χ4v) is 3.56. The molecule has 3 nitrogen and oxygen atoms in total. The van der Waals surface area contributed by atoms with Crippen molar-refractivity contribution in [3.05, 3.63) is 51.2 Å². The molecule has 19 heavy (non-hydrogen) atoms. The number of aryl methyl sites for hydroxylation is 2. The Morgan fingerprint density at radius 2 is 2.21 bits per heavy atom. The monoisotopic (exact) mass is 272 g/mol. The molecule has 1 aromatic carbocycles. The molecule has 98 valence electrons. The first-order valence-electron chi connectivity index (χ1n) is 6.48. The number of anilines is 1. The van der Waals surface area contributed by atoms with Gasteiger partial charge in [0.15, 0.2) is 0 Å². The molecule has 0 aliphatic heterocycles. The van der Waals surface area contributed by atoms with E-state index < -0.39 is 0 Å². The van der Waals surface area contributed by atoms with Gasteiger partial charge in [0, 0.05) is 17.1 Å². The molecular formula is C15H16N2OS. The molecule has 0 spiro atoms. The van der Waals surface area contributed by atoms with Gasteiger partial charge in [0.05, 0.1) is 4.88 Å². The molecule has 0 atom stereocenters. The molecular weight excluding hydrogens is 256 g/mol. The van der Waals surface area contributed by atoms with Crippen LogP contribution in [0.5, 0.6) is 0 Å². The summed E-state index contributed by atoms with van der Waals surface area (Å²) in [5, 5.41) is 2.94. The standard InChI is InChI=1S/C15H16N2OS/c16-9-10-3-1-5-12(7-10)17-15(18)14-8-11-4-2-6-13(11)19-14/h1,3,5,7-8H,2,4,6,9,16H2,(H,17,18). The van der Waals surface area contributed by atoms with E-state index in [1.165, 1.54) is 16.9 Å². The summed E-state index contributed by atoms with van der Waals surface area (Å²) >= 11 is 1.62. The van der Waals surface area contributed by atoms with Gasteiger partial charge in [0.2, 0.25) is 0 Å². The highest BCUT2D eigenvalue weighted by Gasteiger charge is 2.18. The quantitative estimate of drug-likeness (QED) is 0.902. The zero-order valence-electron chi connectivity index (χ0n) is 10.6. The summed E-state index contributed by atoms with van der Waals surface area (Å²) in [6.45, 7) is 0.483. The third-order valence-corrected chi connectivity index (χ3v) is 4.63. The van der Waals surface area contributed by atoms with E-state index in [-0.39, 0.29) is 5.91 Å². The second kappa shape index (κ2) is 5.15. The number of benzene rings is 1. The Balaban J connectivity index is 1.76. The Labute approximate surface area is 116 Å². The van der Waals surface area contributed by atoms with Crippen molar-refractivity contribution in [2.75, 3.05) is 5.32 Å². The van der Waals surface area contributed by atoms with Gasteiger partial charge < -0.3 is 11.1 Å². The smallest absolute Gasteiger partial charge is 0.265 e. The molecule has 1 aliphatic carbocycles. The van der Waals surface area contributed by atoms with E-state index in [0.717, 1.165) is 29.0 Å². The second-order valence-electron chi connectivity index (χ2n) is 4.77. The van der Waals surface area contributed by atoms with Gasteiger partial charge in [-0.05, 0) is 48.6 Å². The van der Waals surface area contributed by atoms with E-state index in [1.54, 1.807) is 11.3 Å². The minimum absolute atomic E-state index is 0.0198. The van der Waals surface area contributed by atoms with E-state index in [1.807, 2.05) is 30.3 Å². The predicted octanol–water partition coefficient (Wildman–Crippen LogP) is 2.95. The van der Waals surface area contributed by atoms with Crippen molar-refractivity contribution < 1.29 is 4.79 Å². The van der Waals surface area contributed by atoms with Gasteiger partial charge in [-0.15, -0.1) is 11.3 Å². The van der Waals surface area contributed by atoms with Crippen molar-refractivity contribution in [3.8, 4) is 0 Å². The second-order valence-corrected chi connectivity index (χ2v) is 5.91. The maximum atomic E-state index is 12.2. The zero-order valence-corrected chi connectivity index (χ0v) is 11.4. The number of nitrogens with one attached hydrogen (secondary N) is 1. The van der Waals surface area contributed by atoms with Crippen molar-refractivity contribution in [1.29, 1.82) is 0 Å². The lowest BCUT2D eigenvalue weighted by Crippen LogP contribution is -2.10. The number of fused-ring (bicyclic) bond motifs is 1. The van der Waals surface area contributed by atoms with Gasteiger partial charge >= 0.3 is 0 Å². The van der Waals surface area contributed by atoms with E-state index in [2.05, 4.69) is 5.32 Å². The summed E-state index contributed by atoms with van der Waals surface area (Å²) in [5.74, 6) is -0.0198. The fraction of sp³-hybridized carbons (Fsp3) is 0.267. The van der Waals surface area contributed by atoms with Crippen molar-refractivity contribution >= 4 is 22.9 Å². The third kappa shape index (κ3) is 2.55. The van der Waals surface area contributed by atoms with Crippen molar-refractivity contribution in [2.45, 2.75) is 25.8 Å². The van der Waals surface area contributed by atoms with Gasteiger partial charge in [0.25, 0.3) is 5.91 Å². The molecule has 1 amide bonds. The Bertz CT molecular complexity index is 597. The molecule has 3 rings (SSSR count). The Hall–Kier alpha value is -1.65. The van der Waals surface area contributed by atoms with Crippen LogP contribution in [0.25, 0.3) is 0 Å². The van der Waals surface area contributed by atoms with Gasteiger partial charge in [-0.25, -0.2) is 0 Å². The SMILES string of the molecule is NCc1cccc(NC(=O)c2cc3c(s2)CCC3)c1. The molecule has 1 aromatic heterocycles. The summed E-state index contributed by atoms with van der Waals surface area (Å²) in [6, 6.07) is 9.70. The molecule has 0 fully saturated rings. The molecule has 0 saturated carbocycles.